The number of aliphatic imine (C=N–C) groups is 1. The van der Waals surface area contributed by atoms with Gasteiger partial charge in [-0.3, -0.25) is 14.8 Å². The summed E-state index contributed by atoms with van der Waals surface area (Å²) in [5.74, 6) is 0.114. The number of anilines is 2. The highest BCUT2D eigenvalue weighted by atomic mass is 19.4. The first-order valence-corrected chi connectivity index (χ1v) is 13.8. The smallest absolute Gasteiger partial charge is 0.416 e. The molecule has 2 rings (SSSR count). The number of carbonyl (C=O) groups is 1. The highest BCUT2D eigenvalue weighted by molar-refractivity contribution is 6.06. The van der Waals surface area contributed by atoms with Crippen molar-refractivity contribution in [1.29, 1.82) is 0 Å². The molecule has 44 heavy (non-hydrogen) atoms. The molecule has 0 bridgehead atoms. The Morgan fingerprint density at radius 3 is 2.39 bits per heavy atom. The maximum absolute atomic E-state index is 13.9. The van der Waals surface area contributed by atoms with Gasteiger partial charge in [0.25, 0.3) is 5.91 Å². The summed E-state index contributed by atoms with van der Waals surface area (Å²) in [4.78, 5) is 17.3. The Labute approximate surface area is 257 Å². The molecular weight excluding hydrogens is 573 g/mol. The van der Waals surface area contributed by atoms with Crippen molar-refractivity contribution in [2.75, 3.05) is 38.1 Å². The Balaban J connectivity index is 2.51. The van der Waals surface area contributed by atoms with E-state index in [4.69, 9.17) is 15.2 Å². The van der Waals surface area contributed by atoms with Crippen molar-refractivity contribution in [3.63, 3.8) is 0 Å². The molecule has 0 saturated carbocycles. The minimum Gasteiger partial charge on any atom is -0.501 e. The number of nitrogens with two attached hydrogens (primary N) is 1. The maximum Gasteiger partial charge on any atom is 0.416 e. The van der Waals surface area contributed by atoms with Gasteiger partial charge in [-0.25, -0.2) is 5.43 Å². The number of hydrazine groups is 1. The van der Waals surface area contributed by atoms with Crippen LogP contribution < -0.4 is 31.5 Å². The van der Waals surface area contributed by atoms with Crippen molar-refractivity contribution in [1.82, 2.24) is 10.7 Å². The zero-order valence-corrected chi connectivity index (χ0v) is 26.6. The van der Waals surface area contributed by atoms with E-state index in [0.717, 1.165) is 17.7 Å². The second-order valence-electron chi connectivity index (χ2n) is 11.2. The first kappa shape index (κ1) is 35.9. The predicted octanol–water partition coefficient (Wildman–Crippen LogP) is 6.29. The van der Waals surface area contributed by atoms with Gasteiger partial charge in [-0.05, 0) is 61.9 Å². The number of halogens is 3. The summed E-state index contributed by atoms with van der Waals surface area (Å²) >= 11 is 0. The van der Waals surface area contributed by atoms with Crippen LogP contribution in [0.5, 0.6) is 5.75 Å². The summed E-state index contributed by atoms with van der Waals surface area (Å²) in [6, 6.07) is 6.81. The molecule has 0 aliphatic carbocycles. The number of alkyl halides is 3. The molecule has 0 unspecified atom stereocenters. The van der Waals surface area contributed by atoms with Gasteiger partial charge in [0.1, 0.15) is 5.75 Å². The van der Waals surface area contributed by atoms with Crippen LogP contribution in [-0.4, -0.2) is 40.4 Å². The van der Waals surface area contributed by atoms with Gasteiger partial charge in [0, 0.05) is 49.2 Å². The fourth-order valence-electron chi connectivity index (χ4n) is 4.13. The van der Waals surface area contributed by atoms with Crippen molar-refractivity contribution in [3.8, 4) is 5.75 Å². The molecule has 1 amide bonds. The van der Waals surface area contributed by atoms with Crippen LogP contribution in [0.1, 0.15) is 54.7 Å². The van der Waals surface area contributed by atoms with Crippen molar-refractivity contribution >= 4 is 24.0 Å². The van der Waals surface area contributed by atoms with E-state index in [9.17, 15) is 18.0 Å². The lowest BCUT2D eigenvalue weighted by Crippen LogP contribution is -2.32. The highest BCUT2D eigenvalue weighted by Gasteiger charge is 2.33. The van der Waals surface area contributed by atoms with Crippen LogP contribution >= 0.6 is 0 Å². The molecule has 0 atom stereocenters. The Bertz CT molecular complexity index is 1430. The lowest BCUT2D eigenvalue weighted by molar-refractivity contribution is -0.137. The SMILES string of the molecule is C=N/C=C(\C=C(/C)OC)C(/N)=C/N(NC)c1cc(C(=O)Nc2cc(C(F)(F)F)cc(CNCC(C)(C)C)c2OC)ccc1C. The molecule has 0 fully saturated rings. The minimum atomic E-state index is -4.63. The van der Waals surface area contributed by atoms with Crippen LogP contribution in [0.25, 0.3) is 0 Å². The van der Waals surface area contributed by atoms with Crippen molar-refractivity contribution < 1.29 is 27.4 Å². The van der Waals surface area contributed by atoms with E-state index in [0.29, 0.717) is 29.3 Å². The maximum atomic E-state index is 13.9. The summed E-state index contributed by atoms with van der Waals surface area (Å²) in [7, 11) is 4.55. The van der Waals surface area contributed by atoms with Crippen LogP contribution in [0, 0.1) is 12.3 Å². The normalized spacial score (nSPS) is 13.0. The Morgan fingerprint density at radius 1 is 1.16 bits per heavy atom. The second kappa shape index (κ2) is 15.4. The molecule has 0 saturated heterocycles. The number of rotatable bonds is 13. The number of nitrogens with zero attached hydrogens (tertiary/aromatic N) is 2. The topological polar surface area (TPSA) is 113 Å². The first-order valence-electron chi connectivity index (χ1n) is 13.8. The van der Waals surface area contributed by atoms with Gasteiger partial charge in [-0.2, -0.15) is 13.2 Å². The van der Waals surface area contributed by atoms with E-state index < -0.39 is 17.6 Å². The third-order valence-electron chi connectivity index (χ3n) is 6.40. The standard InChI is InChI=1S/C32H43F3N6O3/c1-20-10-11-22(14-28(20)41(38-7)18-26(36)23(16-37-6)12-21(2)43-8)30(42)40-27-15-25(32(33,34)35)13-24(29(27)44-9)17-39-19-31(3,4)5/h10-16,18,38-39H,6,17,19,36H2,1-5,7-9H3,(H,40,42)/b21-12+,23-16+,26-18-. The van der Waals surface area contributed by atoms with E-state index in [2.05, 4.69) is 27.8 Å². The summed E-state index contributed by atoms with van der Waals surface area (Å²) in [5, 5.41) is 7.41. The van der Waals surface area contributed by atoms with Gasteiger partial charge >= 0.3 is 6.18 Å². The monoisotopic (exact) mass is 616 g/mol. The number of amides is 1. The molecule has 0 aliphatic heterocycles. The average Bonchev–Trinajstić information content (AvgIpc) is 2.94. The Hall–Kier alpha value is -4.29. The predicted molar refractivity (Wildman–Crippen MR) is 170 cm³/mol. The zero-order valence-electron chi connectivity index (χ0n) is 26.6. The summed E-state index contributed by atoms with van der Waals surface area (Å²) in [5.41, 5.74) is 11.0. The molecular formula is C32H43F3N6O3. The summed E-state index contributed by atoms with van der Waals surface area (Å²) in [6.45, 7) is 13.8. The van der Waals surface area contributed by atoms with Crippen LogP contribution in [0.2, 0.25) is 0 Å². The number of nitrogens with one attached hydrogen (secondary N) is 3. The largest absolute Gasteiger partial charge is 0.501 e. The molecule has 0 heterocycles. The molecule has 2 aromatic rings. The molecule has 0 radical (unpaired) electrons. The fraction of sp³-hybridized carbons (Fsp3) is 0.375. The van der Waals surface area contributed by atoms with Crippen molar-refractivity contribution in [2.45, 2.75) is 47.3 Å². The minimum absolute atomic E-state index is 0.0872. The third-order valence-corrected chi connectivity index (χ3v) is 6.40. The van der Waals surface area contributed by atoms with E-state index >= 15 is 0 Å². The van der Waals surface area contributed by atoms with Crippen LogP contribution in [0.3, 0.4) is 0 Å². The van der Waals surface area contributed by atoms with Gasteiger partial charge in [-0.1, -0.05) is 26.8 Å². The Kier molecular flexibility index (Phi) is 12.6. The van der Waals surface area contributed by atoms with Crippen molar-refractivity contribution in [3.05, 3.63) is 88.1 Å². The lowest BCUT2D eigenvalue weighted by atomic mass is 9.97. The second-order valence-corrected chi connectivity index (χ2v) is 11.2. The van der Waals surface area contributed by atoms with Gasteiger partial charge in [0.05, 0.1) is 42.6 Å². The molecule has 5 N–H and O–H groups in total. The van der Waals surface area contributed by atoms with Gasteiger partial charge in [0.2, 0.25) is 0 Å². The molecule has 0 aliphatic rings. The Morgan fingerprint density at radius 2 is 1.84 bits per heavy atom. The van der Waals surface area contributed by atoms with Crippen molar-refractivity contribution in [2.24, 2.45) is 16.1 Å². The van der Waals surface area contributed by atoms with Gasteiger partial charge in [0.15, 0.2) is 0 Å². The molecule has 9 nitrogen and oxygen atoms in total. The van der Waals surface area contributed by atoms with Crippen LogP contribution in [0.15, 0.2) is 70.8 Å². The third kappa shape index (κ3) is 10.2. The number of allylic oxidation sites excluding steroid dienone is 2. The first-order chi connectivity index (χ1) is 20.5. The molecule has 12 heteroatoms. The van der Waals surface area contributed by atoms with E-state index in [1.54, 1.807) is 49.5 Å². The number of aryl methyl sites for hydroxylation is 1. The van der Waals surface area contributed by atoms with Gasteiger partial charge < -0.3 is 25.8 Å². The van der Waals surface area contributed by atoms with Crippen LogP contribution in [-0.2, 0) is 17.5 Å². The number of hydrogen-bond acceptors (Lipinski definition) is 8. The number of benzene rings is 2. The molecule has 240 valence electrons. The fourth-order valence-corrected chi connectivity index (χ4v) is 4.13. The number of carbonyl (C=O) groups excluding carboxylic acids is 1. The van der Waals surface area contributed by atoms with E-state index in [1.807, 2.05) is 27.7 Å². The van der Waals surface area contributed by atoms with Gasteiger partial charge in [-0.15, -0.1) is 0 Å². The highest BCUT2D eigenvalue weighted by Crippen LogP contribution is 2.38. The quantitative estimate of drug-likeness (QED) is 0.0906. The summed E-state index contributed by atoms with van der Waals surface area (Å²) in [6.07, 6.45) is 0.147. The zero-order chi connectivity index (χ0) is 33.2. The molecule has 0 spiro atoms. The molecule has 0 aromatic heterocycles. The van der Waals surface area contributed by atoms with E-state index in [1.165, 1.54) is 20.4 Å². The number of hydrogen-bond donors (Lipinski definition) is 4. The summed E-state index contributed by atoms with van der Waals surface area (Å²) < 4.78 is 52.3. The number of ether oxygens (including phenoxy) is 2. The average molecular weight is 617 g/mol. The molecule has 2 aromatic carbocycles. The number of methoxy groups -OCH3 is 2. The van der Waals surface area contributed by atoms with Crippen LogP contribution in [0.4, 0.5) is 24.5 Å². The van der Waals surface area contributed by atoms with E-state index in [-0.39, 0.29) is 34.5 Å². The lowest BCUT2D eigenvalue weighted by Gasteiger charge is -2.23.